The third-order valence-corrected chi connectivity index (χ3v) is 4.56. The summed E-state index contributed by atoms with van der Waals surface area (Å²) in [5.74, 6) is 0.0319. The largest absolute Gasteiger partial charge is 0.352 e. The van der Waals surface area contributed by atoms with E-state index in [0.717, 1.165) is 43.6 Å². The zero-order chi connectivity index (χ0) is 16.8. The van der Waals surface area contributed by atoms with Crippen LogP contribution >= 0.6 is 0 Å². The Balaban J connectivity index is 1.43. The van der Waals surface area contributed by atoms with Gasteiger partial charge in [0.1, 0.15) is 5.82 Å². The molecule has 0 aromatic heterocycles. The maximum atomic E-state index is 13.2. The average molecular weight is 326 g/mol. The summed E-state index contributed by atoms with van der Waals surface area (Å²) in [6.45, 7) is 3.08. The van der Waals surface area contributed by atoms with Gasteiger partial charge in [-0.25, -0.2) is 4.39 Å². The minimum atomic E-state index is -0.192. The van der Waals surface area contributed by atoms with Crippen molar-refractivity contribution in [3.05, 3.63) is 71.5 Å². The Hall–Kier alpha value is -2.20. The summed E-state index contributed by atoms with van der Waals surface area (Å²) in [6, 6.07) is 16.7. The fraction of sp³-hybridized carbons (Fsp3) is 0.350. The van der Waals surface area contributed by atoms with Crippen LogP contribution in [0.15, 0.2) is 54.6 Å². The van der Waals surface area contributed by atoms with Gasteiger partial charge in [0.2, 0.25) is 5.91 Å². The number of rotatable bonds is 5. The van der Waals surface area contributed by atoms with E-state index in [0.29, 0.717) is 6.54 Å². The Kier molecular flexibility index (Phi) is 5.59. The van der Waals surface area contributed by atoms with Crippen molar-refractivity contribution < 1.29 is 9.18 Å². The molecule has 126 valence electrons. The Morgan fingerprint density at radius 3 is 2.46 bits per heavy atom. The number of nitrogens with zero attached hydrogens (tertiary/aromatic N) is 1. The second-order valence-electron chi connectivity index (χ2n) is 6.38. The van der Waals surface area contributed by atoms with Crippen LogP contribution in [0.2, 0.25) is 0 Å². The lowest BCUT2D eigenvalue weighted by atomic mass is 9.95. The molecule has 1 aliphatic heterocycles. The fourth-order valence-corrected chi connectivity index (χ4v) is 3.18. The van der Waals surface area contributed by atoms with Gasteiger partial charge in [0.25, 0.3) is 0 Å². The molecule has 3 nitrogen and oxygen atoms in total. The lowest BCUT2D eigenvalue weighted by molar-refractivity contribution is -0.126. The van der Waals surface area contributed by atoms with Gasteiger partial charge in [0, 0.05) is 19.0 Å². The highest BCUT2D eigenvalue weighted by molar-refractivity contribution is 5.78. The highest BCUT2D eigenvalue weighted by Crippen LogP contribution is 2.19. The number of benzene rings is 2. The number of halogens is 1. The molecule has 0 saturated carbocycles. The number of carbonyl (C=O) groups is 1. The predicted octanol–water partition coefficient (Wildman–Crippen LogP) is 3.35. The lowest BCUT2D eigenvalue weighted by Gasteiger charge is -2.31. The van der Waals surface area contributed by atoms with Gasteiger partial charge in [-0.05, 0) is 49.2 Å². The predicted molar refractivity (Wildman–Crippen MR) is 92.7 cm³/mol. The van der Waals surface area contributed by atoms with E-state index in [4.69, 9.17) is 0 Å². The van der Waals surface area contributed by atoms with Crippen LogP contribution in [-0.4, -0.2) is 23.9 Å². The van der Waals surface area contributed by atoms with Gasteiger partial charge < -0.3 is 5.32 Å². The third kappa shape index (κ3) is 4.65. The molecule has 4 heteroatoms. The molecule has 1 aliphatic rings. The summed E-state index contributed by atoms with van der Waals surface area (Å²) in [4.78, 5) is 14.6. The molecular weight excluding hydrogens is 303 g/mol. The topological polar surface area (TPSA) is 32.3 Å². The molecule has 1 fully saturated rings. The zero-order valence-electron chi connectivity index (χ0n) is 13.7. The monoisotopic (exact) mass is 326 g/mol. The molecule has 2 aromatic carbocycles. The molecule has 2 aromatic rings. The smallest absolute Gasteiger partial charge is 0.223 e. The van der Waals surface area contributed by atoms with Crippen LogP contribution in [-0.2, 0) is 17.9 Å². The molecule has 0 bridgehead atoms. The number of carbonyl (C=O) groups excluding carboxylic acids is 1. The van der Waals surface area contributed by atoms with E-state index < -0.39 is 0 Å². The van der Waals surface area contributed by atoms with Crippen molar-refractivity contribution in [3.63, 3.8) is 0 Å². The van der Waals surface area contributed by atoms with E-state index in [1.807, 2.05) is 36.4 Å². The number of likely N-dealkylation sites (tertiary alicyclic amines) is 1. The summed E-state index contributed by atoms with van der Waals surface area (Å²) >= 11 is 0. The standard InChI is InChI=1S/C20H23FN2O/c21-19-8-4-7-17(13-19)15-23-11-9-18(10-12-23)20(24)22-14-16-5-2-1-3-6-16/h1-8,13,18H,9-12,14-15H2,(H,22,24). The van der Waals surface area contributed by atoms with Crippen molar-refractivity contribution in [1.29, 1.82) is 0 Å². The first-order valence-corrected chi connectivity index (χ1v) is 8.49. The Bertz CT molecular complexity index is 666. The normalized spacial score (nSPS) is 16.0. The van der Waals surface area contributed by atoms with Crippen LogP contribution in [0.3, 0.4) is 0 Å². The van der Waals surface area contributed by atoms with E-state index in [2.05, 4.69) is 10.2 Å². The van der Waals surface area contributed by atoms with Crippen molar-refractivity contribution >= 4 is 5.91 Å². The Morgan fingerprint density at radius 2 is 1.75 bits per heavy atom. The molecule has 1 N–H and O–H groups in total. The van der Waals surface area contributed by atoms with Crippen molar-refractivity contribution in [2.24, 2.45) is 5.92 Å². The molecule has 1 amide bonds. The summed E-state index contributed by atoms with van der Waals surface area (Å²) in [5, 5.41) is 3.03. The summed E-state index contributed by atoms with van der Waals surface area (Å²) in [6.07, 6.45) is 1.71. The molecule has 0 atom stereocenters. The van der Waals surface area contributed by atoms with Crippen LogP contribution in [0.4, 0.5) is 4.39 Å². The SMILES string of the molecule is O=C(NCc1ccccc1)C1CCN(Cc2cccc(F)c2)CC1. The highest BCUT2D eigenvalue weighted by atomic mass is 19.1. The second kappa shape index (κ2) is 8.06. The molecular formula is C20H23FN2O. The van der Waals surface area contributed by atoms with Gasteiger partial charge in [0.05, 0.1) is 0 Å². The number of piperidine rings is 1. The first-order valence-electron chi connectivity index (χ1n) is 8.49. The van der Waals surface area contributed by atoms with E-state index in [1.165, 1.54) is 6.07 Å². The molecule has 1 heterocycles. The van der Waals surface area contributed by atoms with E-state index in [-0.39, 0.29) is 17.6 Å². The van der Waals surface area contributed by atoms with Crippen molar-refractivity contribution in [2.75, 3.05) is 13.1 Å². The molecule has 1 saturated heterocycles. The maximum absolute atomic E-state index is 13.2. The van der Waals surface area contributed by atoms with Crippen molar-refractivity contribution in [3.8, 4) is 0 Å². The molecule has 0 spiro atoms. The van der Waals surface area contributed by atoms with Crippen LogP contribution < -0.4 is 5.32 Å². The summed E-state index contributed by atoms with van der Waals surface area (Å²) in [7, 11) is 0. The number of hydrogen-bond acceptors (Lipinski definition) is 2. The van der Waals surface area contributed by atoms with Crippen LogP contribution in [0.1, 0.15) is 24.0 Å². The Labute approximate surface area is 142 Å². The maximum Gasteiger partial charge on any atom is 0.223 e. The number of amides is 1. The van der Waals surface area contributed by atoms with Crippen molar-refractivity contribution in [2.45, 2.75) is 25.9 Å². The summed E-state index contributed by atoms with van der Waals surface area (Å²) < 4.78 is 13.2. The van der Waals surface area contributed by atoms with Gasteiger partial charge in [0.15, 0.2) is 0 Å². The molecule has 24 heavy (non-hydrogen) atoms. The van der Waals surface area contributed by atoms with Crippen LogP contribution in [0.5, 0.6) is 0 Å². The minimum Gasteiger partial charge on any atom is -0.352 e. The number of hydrogen-bond donors (Lipinski definition) is 1. The first-order chi connectivity index (χ1) is 11.7. The van der Waals surface area contributed by atoms with E-state index >= 15 is 0 Å². The van der Waals surface area contributed by atoms with Gasteiger partial charge in [-0.15, -0.1) is 0 Å². The minimum absolute atomic E-state index is 0.0810. The average Bonchev–Trinajstić information content (AvgIpc) is 2.61. The first kappa shape index (κ1) is 16.7. The number of nitrogens with one attached hydrogen (secondary N) is 1. The van der Waals surface area contributed by atoms with Gasteiger partial charge in [-0.2, -0.15) is 0 Å². The Morgan fingerprint density at radius 1 is 1.04 bits per heavy atom. The molecule has 0 aliphatic carbocycles. The molecule has 0 radical (unpaired) electrons. The third-order valence-electron chi connectivity index (χ3n) is 4.56. The van der Waals surface area contributed by atoms with Crippen LogP contribution in [0.25, 0.3) is 0 Å². The fourth-order valence-electron chi connectivity index (χ4n) is 3.18. The van der Waals surface area contributed by atoms with E-state index in [9.17, 15) is 9.18 Å². The lowest BCUT2D eigenvalue weighted by Crippen LogP contribution is -2.40. The van der Waals surface area contributed by atoms with Gasteiger partial charge >= 0.3 is 0 Å². The van der Waals surface area contributed by atoms with Crippen LogP contribution in [0, 0.1) is 11.7 Å². The quantitative estimate of drug-likeness (QED) is 0.914. The zero-order valence-corrected chi connectivity index (χ0v) is 13.7. The van der Waals surface area contributed by atoms with Gasteiger partial charge in [-0.1, -0.05) is 42.5 Å². The highest BCUT2D eigenvalue weighted by Gasteiger charge is 2.24. The molecule has 0 unspecified atom stereocenters. The van der Waals surface area contributed by atoms with Gasteiger partial charge in [-0.3, -0.25) is 9.69 Å². The van der Waals surface area contributed by atoms with Crippen molar-refractivity contribution in [1.82, 2.24) is 10.2 Å². The summed E-state index contributed by atoms with van der Waals surface area (Å²) in [5.41, 5.74) is 2.11. The second-order valence-corrected chi connectivity index (χ2v) is 6.38. The van der Waals surface area contributed by atoms with E-state index in [1.54, 1.807) is 12.1 Å². The molecule has 3 rings (SSSR count).